The monoisotopic (exact) mass is 488 g/mol. The van der Waals surface area contributed by atoms with Crippen LogP contribution in [0.15, 0.2) is 42.5 Å². The molecule has 0 saturated carbocycles. The molecule has 2 rings (SSSR count). The Bertz CT molecular complexity index is 893. The van der Waals surface area contributed by atoms with E-state index in [0.29, 0.717) is 5.56 Å². The minimum atomic E-state index is -0.763. The molecule has 0 bridgehead atoms. The first-order valence-electron chi connectivity index (χ1n) is 11.9. The van der Waals surface area contributed by atoms with Crippen molar-refractivity contribution in [2.75, 3.05) is 19.7 Å². The van der Waals surface area contributed by atoms with E-state index in [1.54, 1.807) is 57.2 Å². The van der Waals surface area contributed by atoms with Gasteiger partial charge in [-0.05, 0) is 39.2 Å². The van der Waals surface area contributed by atoms with E-state index in [2.05, 4.69) is 10.6 Å². The number of esters is 2. The minimum absolute atomic E-state index is 0.0201. The number of hydrogen-bond donors (Lipinski definition) is 3. The Labute approximate surface area is 206 Å². The van der Waals surface area contributed by atoms with Crippen LogP contribution in [-0.4, -0.2) is 54.2 Å². The highest BCUT2D eigenvalue weighted by Crippen LogP contribution is 2.24. The number of carbonyl (C=O) groups excluding carboxylic acids is 4. The van der Waals surface area contributed by atoms with Crippen molar-refractivity contribution in [1.29, 1.82) is 0 Å². The number of allylic oxidation sites excluding steroid dienone is 2. The summed E-state index contributed by atoms with van der Waals surface area (Å²) in [6, 6.07) is 9.01. The molecular formula is C26H36N2O7. The summed E-state index contributed by atoms with van der Waals surface area (Å²) in [4.78, 5) is 50.5. The third-order valence-corrected chi connectivity index (χ3v) is 5.30. The Kier molecular flexibility index (Phi) is 10.9. The van der Waals surface area contributed by atoms with Crippen molar-refractivity contribution in [2.24, 2.45) is 11.8 Å². The molecule has 1 aliphatic rings. The van der Waals surface area contributed by atoms with E-state index in [0.717, 1.165) is 0 Å². The van der Waals surface area contributed by atoms with Crippen molar-refractivity contribution in [2.45, 2.75) is 58.2 Å². The van der Waals surface area contributed by atoms with Crippen molar-refractivity contribution in [3.8, 4) is 0 Å². The van der Waals surface area contributed by atoms with Crippen molar-refractivity contribution in [1.82, 2.24) is 10.6 Å². The average molecular weight is 489 g/mol. The van der Waals surface area contributed by atoms with Gasteiger partial charge in [0.25, 0.3) is 0 Å². The second-order valence-electron chi connectivity index (χ2n) is 9.49. The molecule has 1 aromatic carbocycles. The first kappa shape index (κ1) is 28.0. The number of rotatable bonds is 7. The molecule has 1 heterocycles. The van der Waals surface area contributed by atoms with E-state index in [4.69, 9.17) is 14.6 Å². The summed E-state index contributed by atoms with van der Waals surface area (Å²) in [5, 5.41) is 14.3. The molecular weight excluding hydrogens is 452 g/mol. The van der Waals surface area contributed by atoms with E-state index >= 15 is 0 Å². The van der Waals surface area contributed by atoms with Gasteiger partial charge in [0.2, 0.25) is 11.8 Å². The van der Waals surface area contributed by atoms with Gasteiger partial charge in [-0.3, -0.25) is 19.2 Å². The third-order valence-electron chi connectivity index (χ3n) is 5.30. The van der Waals surface area contributed by atoms with Gasteiger partial charge in [0.1, 0.15) is 11.7 Å². The summed E-state index contributed by atoms with van der Waals surface area (Å²) in [6.07, 6.45) is 3.01. The molecule has 192 valence electrons. The Balaban J connectivity index is 2.25. The van der Waals surface area contributed by atoms with E-state index in [1.807, 2.05) is 6.07 Å². The van der Waals surface area contributed by atoms with Gasteiger partial charge < -0.3 is 25.2 Å². The topological polar surface area (TPSA) is 131 Å². The molecule has 0 fully saturated rings. The number of hydrogen-bond acceptors (Lipinski definition) is 7. The van der Waals surface area contributed by atoms with Crippen LogP contribution >= 0.6 is 0 Å². The van der Waals surface area contributed by atoms with E-state index < -0.39 is 35.5 Å². The number of benzene rings is 1. The average Bonchev–Trinajstić information content (AvgIpc) is 2.79. The number of aliphatic hydroxyl groups excluding tert-OH is 1. The molecule has 3 N–H and O–H groups in total. The Morgan fingerprint density at radius 1 is 1.09 bits per heavy atom. The second-order valence-corrected chi connectivity index (χ2v) is 9.49. The third kappa shape index (κ3) is 10.3. The first-order valence-corrected chi connectivity index (χ1v) is 11.9. The summed E-state index contributed by atoms with van der Waals surface area (Å²) < 4.78 is 11.2. The molecule has 0 spiro atoms. The van der Waals surface area contributed by atoms with Crippen molar-refractivity contribution in [3.63, 3.8) is 0 Å². The largest absolute Gasteiger partial charge is 0.460 e. The van der Waals surface area contributed by atoms with Crippen LogP contribution in [0.2, 0.25) is 0 Å². The van der Waals surface area contributed by atoms with E-state index in [-0.39, 0.29) is 57.2 Å². The fourth-order valence-electron chi connectivity index (χ4n) is 3.61. The second kappa shape index (κ2) is 13.6. The van der Waals surface area contributed by atoms with Gasteiger partial charge >= 0.3 is 11.9 Å². The van der Waals surface area contributed by atoms with Crippen LogP contribution in [0.5, 0.6) is 0 Å². The van der Waals surface area contributed by atoms with Crippen LogP contribution in [0.3, 0.4) is 0 Å². The van der Waals surface area contributed by atoms with Crippen LogP contribution in [0, 0.1) is 11.8 Å². The van der Waals surface area contributed by atoms with E-state index in [1.165, 1.54) is 0 Å². The van der Waals surface area contributed by atoms with Gasteiger partial charge in [0, 0.05) is 13.0 Å². The first-order chi connectivity index (χ1) is 16.6. The molecule has 9 nitrogen and oxygen atoms in total. The summed E-state index contributed by atoms with van der Waals surface area (Å²) in [6.45, 7) is 5.22. The number of amides is 2. The summed E-state index contributed by atoms with van der Waals surface area (Å²) in [7, 11) is 0. The zero-order valence-electron chi connectivity index (χ0n) is 20.6. The van der Waals surface area contributed by atoms with Gasteiger partial charge in [-0.15, -0.1) is 0 Å². The molecule has 3 atom stereocenters. The molecule has 0 aliphatic carbocycles. The molecule has 1 aliphatic heterocycles. The number of ether oxygens (including phenoxy) is 2. The highest BCUT2D eigenvalue weighted by molar-refractivity contribution is 5.86. The van der Waals surface area contributed by atoms with Crippen LogP contribution in [0.1, 0.15) is 58.1 Å². The highest BCUT2D eigenvalue weighted by atomic mass is 16.6. The van der Waals surface area contributed by atoms with Crippen LogP contribution in [-0.2, 0) is 28.7 Å². The van der Waals surface area contributed by atoms with Crippen molar-refractivity contribution in [3.05, 3.63) is 48.0 Å². The standard InChI is InChI=1S/C26H36N2O7/c1-26(2,3)35-23(31)16-20-12-8-7-11-19(15-22(30)27-13-14-29)24(32)28-17-21(34-25(20)33)18-9-5-4-6-10-18/h4-10,19-21,29H,11-17H2,1-3H3,(H,27,30)(H,28,32)/b8-7-/t19-,20+,21+/m0/s1. The minimum Gasteiger partial charge on any atom is -0.460 e. The van der Waals surface area contributed by atoms with Crippen LogP contribution < -0.4 is 10.6 Å². The normalized spacial score (nSPS) is 22.6. The summed E-state index contributed by atoms with van der Waals surface area (Å²) in [5.74, 6) is -3.12. The molecule has 0 unspecified atom stereocenters. The maximum absolute atomic E-state index is 13.1. The van der Waals surface area contributed by atoms with Crippen LogP contribution in [0.4, 0.5) is 0 Å². The molecule has 1 aromatic rings. The maximum Gasteiger partial charge on any atom is 0.310 e. The van der Waals surface area contributed by atoms with Gasteiger partial charge in [0.15, 0.2) is 0 Å². The SMILES string of the molecule is CC(C)(C)OC(=O)C[C@H]1C/C=C\C[C@@H](CC(=O)NCCO)C(=O)NC[C@H](c2ccccc2)OC1=O. The predicted octanol–water partition coefficient (Wildman–Crippen LogP) is 2.20. The number of cyclic esters (lactones) is 1. The summed E-state index contributed by atoms with van der Waals surface area (Å²) in [5.41, 5.74) is 0.0186. The lowest BCUT2D eigenvalue weighted by Gasteiger charge is -2.25. The fourth-order valence-corrected chi connectivity index (χ4v) is 3.61. The van der Waals surface area contributed by atoms with E-state index in [9.17, 15) is 19.2 Å². The van der Waals surface area contributed by atoms with Gasteiger partial charge in [0.05, 0.1) is 31.4 Å². The zero-order valence-corrected chi connectivity index (χ0v) is 20.6. The maximum atomic E-state index is 13.1. The summed E-state index contributed by atoms with van der Waals surface area (Å²) >= 11 is 0. The number of carbonyl (C=O) groups is 4. The van der Waals surface area contributed by atoms with Crippen molar-refractivity contribution >= 4 is 23.8 Å². The lowest BCUT2D eigenvalue weighted by atomic mass is 9.96. The Morgan fingerprint density at radius 3 is 2.37 bits per heavy atom. The zero-order chi connectivity index (χ0) is 25.8. The molecule has 0 radical (unpaired) electrons. The number of nitrogens with one attached hydrogen (secondary N) is 2. The van der Waals surface area contributed by atoms with Crippen LogP contribution in [0.25, 0.3) is 0 Å². The van der Waals surface area contributed by atoms with Gasteiger partial charge in [-0.2, -0.15) is 0 Å². The molecule has 35 heavy (non-hydrogen) atoms. The Morgan fingerprint density at radius 2 is 1.74 bits per heavy atom. The van der Waals surface area contributed by atoms with Crippen molar-refractivity contribution < 1.29 is 33.8 Å². The smallest absolute Gasteiger partial charge is 0.310 e. The molecule has 2 amide bonds. The fraction of sp³-hybridized carbons (Fsp3) is 0.538. The van der Waals surface area contributed by atoms with Gasteiger partial charge in [-0.1, -0.05) is 42.5 Å². The predicted molar refractivity (Wildman–Crippen MR) is 129 cm³/mol. The molecule has 0 saturated heterocycles. The lowest BCUT2D eigenvalue weighted by Crippen LogP contribution is -2.38. The molecule has 9 heteroatoms. The number of aliphatic hydroxyl groups is 1. The molecule has 0 aromatic heterocycles. The van der Waals surface area contributed by atoms with Gasteiger partial charge in [-0.25, -0.2) is 0 Å². The quantitative estimate of drug-likeness (QED) is 0.396. The Hall–Kier alpha value is -3.20. The highest BCUT2D eigenvalue weighted by Gasteiger charge is 2.30. The lowest BCUT2D eigenvalue weighted by molar-refractivity contribution is -0.164.